The molecule has 1 amide bonds. The number of hydrazone groups is 1. The molecule has 0 saturated heterocycles. The minimum atomic E-state index is -0.262. The maximum atomic E-state index is 12.2. The van der Waals surface area contributed by atoms with Gasteiger partial charge in [0.05, 0.1) is 31.5 Å². The molecule has 0 aromatic heterocycles. The Morgan fingerprint density at radius 1 is 1.12 bits per heavy atom. The first-order valence-corrected chi connectivity index (χ1v) is 8.68. The van der Waals surface area contributed by atoms with Gasteiger partial charge < -0.3 is 9.47 Å². The van der Waals surface area contributed by atoms with Crippen molar-refractivity contribution in [2.24, 2.45) is 5.10 Å². The lowest BCUT2D eigenvalue weighted by Crippen LogP contribution is -2.25. The molecule has 5 nitrogen and oxygen atoms in total. The molecule has 3 rings (SSSR count). The Hall–Kier alpha value is -2.34. The number of carbonyl (C=O) groups is 1. The Bertz CT molecular complexity index is 796. The zero-order valence-electron chi connectivity index (χ0n) is 14.3. The van der Waals surface area contributed by atoms with Crippen molar-refractivity contribution < 1.29 is 14.3 Å². The Labute approximate surface area is 155 Å². The van der Waals surface area contributed by atoms with E-state index in [0.29, 0.717) is 17.9 Å². The molecule has 0 fully saturated rings. The van der Waals surface area contributed by atoms with Crippen LogP contribution in [-0.4, -0.2) is 30.8 Å². The van der Waals surface area contributed by atoms with Gasteiger partial charge in [0, 0.05) is 17.8 Å². The first kappa shape index (κ1) is 17.5. The third-order valence-electron chi connectivity index (χ3n) is 4.21. The van der Waals surface area contributed by atoms with Crippen LogP contribution in [0.25, 0.3) is 0 Å². The van der Waals surface area contributed by atoms with E-state index in [0.717, 1.165) is 21.3 Å². The minimum absolute atomic E-state index is 0.120. The van der Waals surface area contributed by atoms with Gasteiger partial charge in [-0.3, -0.25) is 4.79 Å². The largest absolute Gasteiger partial charge is 0.496 e. The van der Waals surface area contributed by atoms with Crippen LogP contribution in [0.1, 0.15) is 30.5 Å². The lowest BCUT2D eigenvalue weighted by atomic mass is 9.97. The number of ether oxygens (including phenoxy) is 2. The molecule has 1 atom stereocenters. The second kappa shape index (κ2) is 7.27. The van der Waals surface area contributed by atoms with Crippen LogP contribution in [0, 0.1) is 0 Å². The van der Waals surface area contributed by atoms with Crippen molar-refractivity contribution in [2.45, 2.75) is 19.4 Å². The molecular formula is C19H19BrN2O3. The fourth-order valence-electron chi connectivity index (χ4n) is 3.05. The smallest absolute Gasteiger partial charge is 0.240 e. The van der Waals surface area contributed by atoms with Gasteiger partial charge in [0.1, 0.15) is 11.5 Å². The van der Waals surface area contributed by atoms with Crippen LogP contribution in [0.15, 0.2) is 52.0 Å². The van der Waals surface area contributed by atoms with E-state index in [1.165, 1.54) is 11.9 Å². The van der Waals surface area contributed by atoms with E-state index in [2.05, 4.69) is 21.0 Å². The highest BCUT2D eigenvalue weighted by Gasteiger charge is 2.35. The van der Waals surface area contributed by atoms with Crippen LogP contribution in [0.3, 0.4) is 0 Å². The molecule has 0 bridgehead atoms. The van der Waals surface area contributed by atoms with E-state index in [4.69, 9.17) is 9.47 Å². The van der Waals surface area contributed by atoms with Crippen molar-refractivity contribution in [1.29, 1.82) is 0 Å². The zero-order chi connectivity index (χ0) is 18.0. The van der Waals surface area contributed by atoms with E-state index < -0.39 is 0 Å². The number of amides is 1. The summed E-state index contributed by atoms with van der Waals surface area (Å²) in [5.74, 6) is 1.25. The SMILES string of the molecule is COc1cccc(OC)c1[C@@H]1CC(c2ccc(Br)cc2)=NN1C(C)=O. The predicted octanol–water partition coefficient (Wildman–Crippen LogP) is 4.16. The van der Waals surface area contributed by atoms with Gasteiger partial charge in [-0.05, 0) is 29.8 Å². The van der Waals surface area contributed by atoms with Crippen LogP contribution >= 0.6 is 15.9 Å². The van der Waals surface area contributed by atoms with Gasteiger partial charge in [-0.15, -0.1) is 0 Å². The van der Waals surface area contributed by atoms with Crippen LogP contribution in [0.2, 0.25) is 0 Å². The summed E-state index contributed by atoms with van der Waals surface area (Å²) in [6.45, 7) is 1.52. The summed E-state index contributed by atoms with van der Waals surface area (Å²) in [5.41, 5.74) is 2.69. The van der Waals surface area contributed by atoms with Crippen LogP contribution in [0.4, 0.5) is 0 Å². The summed E-state index contributed by atoms with van der Waals surface area (Å²) in [4.78, 5) is 12.2. The fourth-order valence-corrected chi connectivity index (χ4v) is 3.31. The molecule has 25 heavy (non-hydrogen) atoms. The van der Waals surface area contributed by atoms with Gasteiger partial charge >= 0.3 is 0 Å². The molecule has 1 aliphatic rings. The summed E-state index contributed by atoms with van der Waals surface area (Å²) in [7, 11) is 3.23. The van der Waals surface area contributed by atoms with E-state index >= 15 is 0 Å². The quantitative estimate of drug-likeness (QED) is 0.770. The Morgan fingerprint density at radius 3 is 2.24 bits per heavy atom. The number of hydrogen-bond acceptors (Lipinski definition) is 4. The highest BCUT2D eigenvalue weighted by molar-refractivity contribution is 9.10. The first-order valence-electron chi connectivity index (χ1n) is 7.89. The van der Waals surface area contributed by atoms with Crippen molar-refractivity contribution in [1.82, 2.24) is 5.01 Å². The summed E-state index contributed by atoms with van der Waals surface area (Å²) in [6.07, 6.45) is 0.595. The van der Waals surface area contributed by atoms with Crippen LogP contribution < -0.4 is 9.47 Å². The maximum Gasteiger partial charge on any atom is 0.240 e. The highest BCUT2D eigenvalue weighted by Crippen LogP contribution is 2.42. The monoisotopic (exact) mass is 402 g/mol. The topological polar surface area (TPSA) is 51.1 Å². The van der Waals surface area contributed by atoms with E-state index in [9.17, 15) is 4.79 Å². The standard InChI is InChI=1S/C19H19BrN2O3/c1-12(23)22-16(19-17(24-2)5-4-6-18(19)25-3)11-15(21-22)13-7-9-14(20)10-8-13/h4-10,16H,11H2,1-3H3/t16-/m0/s1. The summed E-state index contributed by atoms with van der Waals surface area (Å²) in [5, 5.41) is 6.08. The molecule has 2 aromatic rings. The second-order valence-electron chi connectivity index (χ2n) is 5.71. The summed E-state index contributed by atoms with van der Waals surface area (Å²) < 4.78 is 12.0. The molecule has 6 heteroatoms. The molecule has 1 heterocycles. The van der Waals surface area contributed by atoms with Crippen molar-refractivity contribution in [3.63, 3.8) is 0 Å². The predicted molar refractivity (Wildman–Crippen MR) is 100 cm³/mol. The Morgan fingerprint density at radius 2 is 1.72 bits per heavy atom. The Kier molecular flexibility index (Phi) is 5.08. The molecular weight excluding hydrogens is 384 g/mol. The van der Waals surface area contributed by atoms with Crippen molar-refractivity contribution in [2.75, 3.05) is 14.2 Å². The molecule has 0 N–H and O–H groups in total. The highest BCUT2D eigenvalue weighted by atomic mass is 79.9. The lowest BCUT2D eigenvalue weighted by Gasteiger charge is -2.24. The van der Waals surface area contributed by atoms with Gasteiger partial charge in [0.15, 0.2) is 0 Å². The molecule has 0 unspecified atom stereocenters. The van der Waals surface area contributed by atoms with Gasteiger partial charge in [-0.1, -0.05) is 34.1 Å². The van der Waals surface area contributed by atoms with Gasteiger partial charge in [-0.2, -0.15) is 5.10 Å². The molecule has 0 radical (unpaired) electrons. The third kappa shape index (κ3) is 3.39. The van der Waals surface area contributed by atoms with Crippen LogP contribution in [0.5, 0.6) is 11.5 Å². The number of carbonyl (C=O) groups excluding carboxylic acids is 1. The summed E-state index contributed by atoms with van der Waals surface area (Å²) in [6, 6.07) is 13.3. The third-order valence-corrected chi connectivity index (χ3v) is 4.74. The molecule has 2 aromatic carbocycles. The van der Waals surface area contributed by atoms with Gasteiger partial charge in [-0.25, -0.2) is 5.01 Å². The van der Waals surface area contributed by atoms with Crippen molar-refractivity contribution in [3.8, 4) is 11.5 Å². The van der Waals surface area contributed by atoms with Crippen molar-refractivity contribution in [3.05, 3.63) is 58.1 Å². The van der Waals surface area contributed by atoms with E-state index in [1.807, 2.05) is 42.5 Å². The average Bonchev–Trinajstić information content (AvgIpc) is 3.06. The normalized spacial score (nSPS) is 16.6. The zero-order valence-corrected chi connectivity index (χ0v) is 15.9. The maximum absolute atomic E-state index is 12.2. The van der Waals surface area contributed by atoms with Crippen LogP contribution in [-0.2, 0) is 4.79 Å². The number of hydrogen-bond donors (Lipinski definition) is 0. The number of nitrogens with zero attached hydrogens (tertiary/aromatic N) is 2. The van der Waals surface area contributed by atoms with Gasteiger partial charge in [0.25, 0.3) is 0 Å². The first-order chi connectivity index (χ1) is 12.0. The summed E-state index contributed by atoms with van der Waals surface area (Å²) >= 11 is 3.44. The molecule has 0 aliphatic carbocycles. The van der Waals surface area contributed by atoms with E-state index in [-0.39, 0.29) is 11.9 Å². The van der Waals surface area contributed by atoms with Crippen molar-refractivity contribution >= 4 is 27.5 Å². The molecule has 1 aliphatic heterocycles. The minimum Gasteiger partial charge on any atom is -0.496 e. The molecule has 0 saturated carbocycles. The average molecular weight is 403 g/mol. The molecule has 130 valence electrons. The number of methoxy groups -OCH3 is 2. The number of rotatable bonds is 4. The fraction of sp³-hybridized carbons (Fsp3) is 0.263. The number of benzene rings is 2. The Balaban J connectivity index is 2.04. The number of halogens is 1. The van der Waals surface area contributed by atoms with E-state index in [1.54, 1.807) is 14.2 Å². The van der Waals surface area contributed by atoms with Gasteiger partial charge in [0.2, 0.25) is 5.91 Å². The molecule has 0 spiro atoms. The second-order valence-corrected chi connectivity index (χ2v) is 6.63. The lowest BCUT2D eigenvalue weighted by molar-refractivity contribution is -0.130.